The van der Waals surface area contributed by atoms with Crippen LogP contribution >= 0.6 is 0 Å². The van der Waals surface area contributed by atoms with Crippen LogP contribution in [0.25, 0.3) is 16.9 Å². The van der Waals surface area contributed by atoms with E-state index in [0.29, 0.717) is 37.9 Å². The fraction of sp³-hybridized carbons (Fsp3) is 0.273. The van der Waals surface area contributed by atoms with Gasteiger partial charge in [-0.15, -0.1) is 0 Å². The van der Waals surface area contributed by atoms with Gasteiger partial charge in [0.15, 0.2) is 11.2 Å². The van der Waals surface area contributed by atoms with Crippen molar-refractivity contribution in [2.45, 2.75) is 18.7 Å². The van der Waals surface area contributed by atoms with Crippen molar-refractivity contribution in [1.29, 1.82) is 0 Å². The van der Waals surface area contributed by atoms with E-state index in [-0.39, 0.29) is 16.3 Å². The van der Waals surface area contributed by atoms with Crippen molar-refractivity contribution in [2.75, 3.05) is 31.2 Å². The molecule has 170 valence electrons. The minimum Gasteiger partial charge on any atom is -0.378 e. The molecule has 0 bridgehead atoms. The predicted molar refractivity (Wildman–Crippen MR) is 121 cm³/mol. The van der Waals surface area contributed by atoms with Crippen LogP contribution in [-0.4, -0.2) is 59.2 Å². The summed E-state index contributed by atoms with van der Waals surface area (Å²) in [5.41, 5.74) is 3.25. The van der Waals surface area contributed by atoms with E-state index in [1.165, 1.54) is 12.1 Å². The van der Waals surface area contributed by atoms with Crippen LogP contribution in [0.1, 0.15) is 11.3 Å². The quantitative estimate of drug-likeness (QED) is 0.409. The van der Waals surface area contributed by atoms with Gasteiger partial charge in [0.1, 0.15) is 11.2 Å². The van der Waals surface area contributed by atoms with Gasteiger partial charge in [-0.25, -0.2) is 4.98 Å². The molecular weight excluding hydrogens is 444 g/mol. The number of nitrogens with zero attached hydrogens (tertiary/aromatic N) is 6. The third-order valence-electron chi connectivity index (χ3n) is 5.30. The summed E-state index contributed by atoms with van der Waals surface area (Å²) >= 11 is 0. The Balaban J connectivity index is 1.64. The van der Waals surface area contributed by atoms with Gasteiger partial charge in [0.05, 0.1) is 18.9 Å². The summed E-state index contributed by atoms with van der Waals surface area (Å²) in [6.07, 6.45) is 3.27. The van der Waals surface area contributed by atoms with Crippen molar-refractivity contribution < 1.29 is 17.3 Å². The van der Waals surface area contributed by atoms with Crippen LogP contribution in [0.5, 0.6) is 5.88 Å². The van der Waals surface area contributed by atoms with Crippen LogP contribution in [0.15, 0.2) is 53.8 Å². The normalized spacial score (nSPS) is 14.5. The van der Waals surface area contributed by atoms with E-state index in [9.17, 15) is 8.42 Å². The van der Waals surface area contributed by atoms with Crippen LogP contribution in [-0.2, 0) is 14.9 Å². The first-order chi connectivity index (χ1) is 15.9. The minimum absolute atomic E-state index is 0.0389. The first-order valence-electron chi connectivity index (χ1n) is 10.4. The predicted octanol–water partition coefficient (Wildman–Crippen LogP) is 2.43. The summed E-state index contributed by atoms with van der Waals surface area (Å²) < 4.78 is 38.7. The molecule has 0 aliphatic carbocycles. The zero-order valence-corrected chi connectivity index (χ0v) is 19.0. The highest BCUT2D eigenvalue weighted by atomic mass is 32.2. The average Bonchev–Trinajstić information content (AvgIpc) is 3.24. The zero-order valence-electron chi connectivity index (χ0n) is 18.2. The van der Waals surface area contributed by atoms with E-state index >= 15 is 0 Å². The molecule has 0 atom stereocenters. The van der Waals surface area contributed by atoms with Crippen LogP contribution in [0.4, 0.5) is 5.95 Å². The number of hydrogen-bond acceptors (Lipinski definition) is 9. The summed E-state index contributed by atoms with van der Waals surface area (Å²) in [6, 6.07) is 10.2. The molecule has 5 rings (SSSR count). The summed E-state index contributed by atoms with van der Waals surface area (Å²) in [5, 5.41) is 0. The van der Waals surface area contributed by atoms with Gasteiger partial charge in [-0.05, 0) is 38.1 Å². The molecule has 0 amide bonds. The van der Waals surface area contributed by atoms with E-state index in [1.54, 1.807) is 29.2 Å². The number of aromatic nitrogens is 5. The number of fused-ring (bicyclic) bond motifs is 1. The molecule has 11 heteroatoms. The Labute approximate surface area is 191 Å². The smallest absolute Gasteiger partial charge is 0.340 e. The van der Waals surface area contributed by atoms with Crippen molar-refractivity contribution in [3.63, 3.8) is 0 Å². The lowest BCUT2D eigenvalue weighted by atomic mass is 10.2. The average molecular weight is 467 g/mol. The van der Waals surface area contributed by atoms with Gasteiger partial charge in [-0.1, -0.05) is 17.7 Å². The Hall–Kier alpha value is -3.57. The summed E-state index contributed by atoms with van der Waals surface area (Å²) in [7, 11) is -4.12. The molecule has 4 aromatic rings. The second-order valence-corrected chi connectivity index (χ2v) is 9.27. The maximum atomic E-state index is 13.0. The topological polar surface area (TPSA) is 112 Å². The Bertz CT molecular complexity index is 1410. The zero-order chi connectivity index (χ0) is 23.0. The van der Waals surface area contributed by atoms with E-state index in [1.807, 2.05) is 30.9 Å². The van der Waals surface area contributed by atoms with Gasteiger partial charge in [0, 0.05) is 25.0 Å². The maximum Gasteiger partial charge on any atom is 0.340 e. The highest BCUT2D eigenvalue weighted by Crippen LogP contribution is 2.29. The molecule has 1 aliphatic rings. The van der Waals surface area contributed by atoms with E-state index in [2.05, 4.69) is 15.0 Å². The monoisotopic (exact) mass is 466 g/mol. The Morgan fingerprint density at radius 3 is 2.48 bits per heavy atom. The number of pyridine rings is 1. The molecule has 0 spiro atoms. The summed E-state index contributed by atoms with van der Waals surface area (Å²) in [5.74, 6) is 0.235. The van der Waals surface area contributed by atoms with Crippen molar-refractivity contribution in [3.05, 3.63) is 60.2 Å². The number of rotatable bonds is 5. The van der Waals surface area contributed by atoms with Crippen molar-refractivity contribution in [1.82, 2.24) is 24.5 Å². The lowest BCUT2D eigenvalue weighted by Gasteiger charge is -2.26. The molecule has 10 nitrogen and oxygen atoms in total. The standard InChI is InChI=1S/C22H22N6O4S/c1-15-3-5-18(6-4-15)33(29,30)32-21-19-20(25-22(26-21)27-9-11-31-12-10-27)28(14-24-19)17-7-8-23-16(2)13-17/h3-8,13-14H,9-12H2,1-2H3. The Morgan fingerprint density at radius 2 is 1.76 bits per heavy atom. The molecule has 3 aromatic heterocycles. The van der Waals surface area contributed by atoms with Crippen molar-refractivity contribution in [2.24, 2.45) is 0 Å². The minimum atomic E-state index is -4.12. The Kier molecular flexibility index (Phi) is 5.43. The second-order valence-electron chi connectivity index (χ2n) is 7.72. The van der Waals surface area contributed by atoms with Crippen LogP contribution < -0.4 is 9.08 Å². The molecule has 4 heterocycles. The number of hydrogen-bond donors (Lipinski definition) is 0. The third kappa shape index (κ3) is 4.24. The fourth-order valence-electron chi connectivity index (χ4n) is 3.55. The number of morpholine rings is 1. The SMILES string of the molecule is Cc1ccc(S(=O)(=O)Oc2nc(N3CCOCC3)nc3c2ncn3-c2ccnc(C)c2)cc1. The first-order valence-corrected chi connectivity index (χ1v) is 11.8. The van der Waals surface area contributed by atoms with Gasteiger partial charge < -0.3 is 13.8 Å². The van der Waals surface area contributed by atoms with Crippen molar-refractivity contribution in [3.8, 4) is 11.6 Å². The largest absolute Gasteiger partial charge is 0.378 e. The number of imidazole rings is 1. The number of anilines is 1. The third-order valence-corrected chi connectivity index (χ3v) is 6.53. The molecule has 0 radical (unpaired) electrons. The van der Waals surface area contributed by atoms with E-state index < -0.39 is 10.1 Å². The van der Waals surface area contributed by atoms with Gasteiger partial charge in [-0.2, -0.15) is 18.4 Å². The highest BCUT2D eigenvalue weighted by molar-refractivity contribution is 7.87. The van der Waals surface area contributed by atoms with Gasteiger partial charge in [0.25, 0.3) is 5.88 Å². The van der Waals surface area contributed by atoms with Gasteiger partial charge in [-0.3, -0.25) is 9.55 Å². The first kappa shape index (κ1) is 21.3. The molecule has 1 aromatic carbocycles. The number of ether oxygens (including phenoxy) is 1. The van der Waals surface area contributed by atoms with Gasteiger partial charge >= 0.3 is 10.1 Å². The molecule has 0 saturated carbocycles. The summed E-state index contributed by atoms with van der Waals surface area (Å²) in [6.45, 7) is 5.99. The van der Waals surface area contributed by atoms with Crippen LogP contribution in [0, 0.1) is 13.8 Å². The molecule has 33 heavy (non-hydrogen) atoms. The van der Waals surface area contributed by atoms with Gasteiger partial charge in [0.2, 0.25) is 5.95 Å². The van der Waals surface area contributed by atoms with E-state index in [0.717, 1.165) is 16.9 Å². The molecule has 1 saturated heterocycles. The van der Waals surface area contributed by atoms with Crippen molar-refractivity contribution >= 4 is 27.2 Å². The lowest BCUT2D eigenvalue weighted by Crippen LogP contribution is -2.37. The van der Waals surface area contributed by atoms with E-state index in [4.69, 9.17) is 13.9 Å². The highest BCUT2D eigenvalue weighted by Gasteiger charge is 2.25. The van der Waals surface area contributed by atoms with Crippen LogP contribution in [0.2, 0.25) is 0 Å². The molecule has 0 N–H and O–H groups in total. The second kappa shape index (κ2) is 8.41. The molecule has 0 unspecified atom stereocenters. The number of benzene rings is 1. The lowest BCUT2D eigenvalue weighted by molar-refractivity contribution is 0.122. The molecule has 1 fully saturated rings. The van der Waals surface area contributed by atoms with Crippen LogP contribution in [0.3, 0.4) is 0 Å². The maximum absolute atomic E-state index is 13.0. The molecule has 1 aliphatic heterocycles. The Morgan fingerprint density at radius 1 is 1.00 bits per heavy atom. The summed E-state index contributed by atoms with van der Waals surface area (Å²) in [4.78, 5) is 19.7. The molecular formula is C22H22N6O4S. The number of aryl methyl sites for hydroxylation is 2. The fourth-order valence-corrected chi connectivity index (χ4v) is 4.44.